The third-order valence-corrected chi connectivity index (χ3v) is 2.00. The second-order valence-corrected chi connectivity index (χ2v) is 3.24. The average Bonchev–Trinajstić information content (AvgIpc) is 2.16. The van der Waals surface area contributed by atoms with Gasteiger partial charge in [-0.1, -0.05) is 18.6 Å². The fourth-order valence-corrected chi connectivity index (χ4v) is 1.21. The summed E-state index contributed by atoms with van der Waals surface area (Å²) in [6.07, 6.45) is 0.935. The molecule has 0 spiro atoms. The van der Waals surface area contributed by atoms with Crippen molar-refractivity contribution in [2.75, 3.05) is 6.61 Å². The Hall–Kier alpha value is -0.995. The summed E-state index contributed by atoms with van der Waals surface area (Å²) in [4.78, 5) is 0. The van der Waals surface area contributed by atoms with Crippen LogP contribution in [-0.2, 0) is 0 Å². The van der Waals surface area contributed by atoms with E-state index in [1.54, 1.807) is 6.07 Å². The Morgan fingerprint density at radius 1 is 1.36 bits per heavy atom. The van der Waals surface area contributed by atoms with Gasteiger partial charge in [-0.2, -0.15) is 0 Å². The van der Waals surface area contributed by atoms with Crippen LogP contribution >= 0.6 is 0 Å². The normalized spacial score (nSPS) is 10.0. The lowest BCUT2D eigenvalue weighted by atomic mass is 9.77. The highest BCUT2D eigenvalue weighted by atomic mass is 16.5. The van der Waals surface area contributed by atoms with Crippen molar-refractivity contribution in [2.24, 2.45) is 0 Å². The molecule has 0 radical (unpaired) electrons. The largest absolute Gasteiger partial charge is 0.494 e. The van der Waals surface area contributed by atoms with Crippen molar-refractivity contribution in [3.8, 4) is 5.75 Å². The molecule has 1 aromatic carbocycles. The summed E-state index contributed by atoms with van der Waals surface area (Å²) in [5.74, 6) is 0.681. The van der Waals surface area contributed by atoms with E-state index in [1.165, 1.54) is 0 Å². The van der Waals surface area contributed by atoms with Gasteiger partial charge in [-0.25, -0.2) is 0 Å². The van der Waals surface area contributed by atoms with Crippen LogP contribution in [0.4, 0.5) is 0 Å². The standard InChI is InChI=1S/C10H15BO3/c1-3-6-14-9-5-4-8(2)10(7-9)11(12)13/h4-5,7,12-13H,3,6H2,1-2H3. The average molecular weight is 194 g/mol. The van der Waals surface area contributed by atoms with E-state index in [9.17, 15) is 0 Å². The fraction of sp³-hybridized carbons (Fsp3) is 0.400. The molecule has 0 bridgehead atoms. The number of ether oxygens (including phenoxy) is 1. The second kappa shape index (κ2) is 5.03. The Bertz CT molecular complexity index is 299. The number of hydrogen-bond acceptors (Lipinski definition) is 3. The molecular formula is C10H15BO3. The van der Waals surface area contributed by atoms with E-state index in [-0.39, 0.29) is 0 Å². The smallest absolute Gasteiger partial charge is 0.488 e. The molecule has 0 unspecified atom stereocenters. The molecular weight excluding hydrogens is 179 g/mol. The Morgan fingerprint density at radius 2 is 2.07 bits per heavy atom. The van der Waals surface area contributed by atoms with E-state index < -0.39 is 7.12 Å². The molecule has 0 aliphatic heterocycles. The van der Waals surface area contributed by atoms with Crippen molar-refractivity contribution < 1.29 is 14.8 Å². The minimum atomic E-state index is -1.43. The summed E-state index contributed by atoms with van der Waals surface area (Å²) < 4.78 is 5.38. The van der Waals surface area contributed by atoms with Crippen LogP contribution in [-0.4, -0.2) is 23.8 Å². The number of aryl methyl sites for hydroxylation is 1. The van der Waals surface area contributed by atoms with Crippen molar-refractivity contribution in [2.45, 2.75) is 20.3 Å². The van der Waals surface area contributed by atoms with Crippen LogP contribution in [0.25, 0.3) is 0 Å². The molecule has 0 saturated heterocycles. The van der Waals surface area contributed by atoms with Gasteiger partial charge in [0, 0.05) is 0 Å². The lowest BCUT2D eigenvalue weighted by molar-refractivity contribution is 0.317. The highest BCUT2D eigenvalue weighted by Crippen LogP contribution is 2.10. The second-order valence-electron chi connectivity index (χ2n) is 3.24. The maximum Gasteiger partial charge on any atom is 0.488 e. The maximum atomic E-state index is 9.05. The van der Waals surface area contributed by atoms with Crippen LogP contribution in [0.1, 0.15) is 18.9 Å². The van der Waals surface area contributed by atoms with E-state index in [1.807, 2.05) is 26.0 Å². The third kappa shape index (κ3) is 2.75. The molecule has 2 N–H and O–H groups in total. The maximum absolute atomic E-state index is 9.05. The zero-order chi connectivity index (χ0) is 10.6. The third-order valence-electron chi connectivity index (χ3n) is 2.00. The van der Waals surface area contributed by atoms with Gasteiger partial charge in [-0.3, -0.25) is 0 Å². The fourth-order valence-electron chi connectivity index (χ4n) is 1.21. The predicted octanol–water partition coefficient (Wildman–Crippen LogP) is 0.464. The van der Waals surface area contributed by atoms with Crippen molar-refractivity contribution in [3.05, 3.63) is 23.8 Å². The van der Waals surface area contributed by atoms with Crippen LogP contribution in [0.15, 0.2) is 18.2 Å². The molecule has 76 valence electrons. The lowest BCUT2D eigenvalue weighted by Crippen LogP contribution is -2.32. The minimum absolute atomic E-state index is 0.499. The summed E-state index contributed by atoms with van der Waals surface area (Å²) in [6, 6.07) is 5.31. The van der Waals surface area contributed by atoms with Gasteiger partial charge >= 0.3 is 7.12 Å². The Morgan fingerprint density at radius 3 is 2.64 bits per heavy atom. The van der Waals surface area contributed by atoms with E-state index in [0.29, 0.717) is 17.8 Å². The molecule has 1 rings (SSSR count). The van der Waals surface area contributed by atoms with Crippen LogP contribution in [0.3, 0.4) is 0 Å². The van der Waals surface area contributed by atoms with Crippen LogP contribution < -0.4 is 10.2 Å². The molecule has 0 aliphatic carbocycles. The molecule has 3 nitrogen and oxygen atoms in total. The van der Waals surface area contributed by atoms with Gasteiger partial charge in [0.15, 0.2) is 0 Å². The lowest BCUT2D eigenvalue weighted by Gasteiger charge is -2.09. The van der Waals surface area contributed by atoms with Crippen molar-refractivity contribution in [1.82, 2.24) is 0 Å². The SMILES string of the molecule is CCCOc1ccc(C)c(B(O)O)c1. The first-order valence-corrected chi connectivity index (χ1v) is 4.74. The van der Waals surface area contributed by atoms with E-state index in [2.05, 4.69) is 0 Å². The molecule has 1 aromatic rings. The zero-order valence-electron chi connectivity index (χ0n) is 8.53. The van der Waals surface area contributed by atoms with Crippen molar-refractivity contribution >= 4 is 12.6 Å². The molecule has 0 aliphatic rings. The predicted molar refractivity (Wildman–Crippen MR) is 56.8 cm³/mol. The monoisotopic (exact) mass is 194 g/mol. The Balaban J connectivity index is 2.83. The van der Waals surface area contributed by atoms with Crippen LogP contribution in [0, 0.1) is 6.92 Å². The molecule has 4 heteroatoms. The first kappa shape index (κ1) is 11.1. The van der Waals surface area contributed by atoms with Gasteiger partial charge < -0.3 is 14.8 Å². The molecule has 0 amide bonds. The molecule has 0 saturated carbocycles. The van der Waals surface area contributed by atoms with Gasteiger partial charge in [0.2, 0.25) is 0 Å². The molecule has 0 heterocycles. The van der Waals surface area contributed by atoms with Crippen LogP contribution in [0.2, 0.25) is 0 Å². The molecule has 0 atom stereocenters. The zero-order valence-corrected chi connectivity index (χ0v) is 8.53. The van der Waals surface area contributed by atoms with Gasteiger partial charge in [-0.05, 0) is 30.9 Å². The van der Waals surface area contributed by atoms with E-state index in [0.717, 1.165) is 12.0 Å². The van der Waals surface area contributed by atoms with Gasteiger partial charge in [0.25, 0.3) is 0 Å². The number of benzene rings is 1. The van der Waals surface area contributed by atoms with Crippen molar-refractivity contribution in [3.63, 3.8) is 0 Å². The Labute approximate surface area is 84.5 Å². The van der Waals surface area contributed by atoms with Crippen molar-refractivity contribution in [1.29, 1.82) is 0 Å². The van der Waals surface area contributed by atoms with Gasteiger partial charge in [0.05, 0.1) is 6.61 Å². The number of rotatable bonds is 4. The molecule has 14 heavy (non-hydrogen) atoms. The summed E-state index contributed by atoms with van der Waals surface area (Å²) in [5, 5.41) is 18.1. The quantitative estimate of drug-likeness (QED) is 0.684. The number of hydrogen-bond donors (Lipinski definition) is 2. The summed E-state index contributed by atoms with van der Waals surface area (Å²) in [5.41, 5.74) is 1.35. The first-order chi connectivity index (χ1) is 6.65. The summed E-state index contributed by atoms with van der Waals surface area (Å²) in [7, 11) is -1.43. The Kier molecular flexibility index (Phi) is 3.98. The highest BCUT2D eigenvalue weighted by molar-refractivity contribution is 6.59. The van der Waals surface area contributed by atoms with E-state index >= 15 is 0 Å². The summed E-state index contributed by atoms with van der Waals surface area (Å²) >= 11 is 0. The van der Waals surface area contributed by atoms with Crippen LogP contribution in [0.5, 0.6) is 5.75 Å². The van der Waals surface area contributed by atoms with Gasteiger partial charge in [0.1, 0.15) is 5.75 Å². The van der Waals surface area contributed by atoms with Gasteiger partial charge in [-0.15, -0.1) is 0 Å². The minimum Gasteiger partial charge on any atom is -0.494 e. The first-order valence-electron chi connectivity index (χ1n) is 4.74. The topological polar surface area (TPSA) is 49.7 Å². The molecule has 0 aromatic heterocycles. The van der Waals surface area contributed by atoms with E-state index in [4.69, 9.17) is 14.8 Å². The highest BCUT2D eigenvalue weighted by Gasteiger charge is 2.14. The summed E-state index contributed by atoms with van der Waals surface area (Å²) in [6.45, 7) is 4.50. The molecule has 0 fully saturated rings.